The van der Waals surface area contributed by atoms with Crippen LogP contribution < -0.4 is 9.13 Å². The summed E-state index contributed by atoms with van der Waals surface area (Å²) in [6.07, 6.45) is 2.36. The van der Waals surface area contributed by atoms with Crippen LogP contribution in [0.3, 0.4) is 0 Å². The van der Waals surface area contributed by atoms with Crippen LogP contribution >= 0.6 is 0 Å². The first-order valence-electron chi connectivity index (χ1n) is 14.7. The zero-order valence-electron chi connectivity index (χ0n) is 25.9. The van der Waals surface area contributed by atoms with E-state index in [0.717, 1.165) is 17.8 Å². The quantitative estimate of drug-likeness (QED) is 0.273. The topological polar surface area (TPSA) is 6.48 Å². The summed E-state index contributed by atoms with van der Waals surface area (Å²) >= 11 is 0. The van der Waals surface area contributed by atoms with Crippen LogP contribution in [0.4, 0.5) is 11.4 Å². The maximum atomic E-state index is 4.77. The van der Waals surface area contributed by atoms with E-state index in [0.29, 0.717) is 23.7 Å². The van der Waals surface area contributed by atoms with Crippen LogP contribution in [0, 0.1) is 0 Å². The lowest BCUT2D eigenvalue weighted by molar-refractivity contribution is 0.819. The molecule has 0 atom stereocenters. The van der Waals surface area contributed by atoms with Gasteiger partial charge < -0.3 is 9.13 Å². The van der Waals surface area contributed by atoms with Gasteiger partial charge in [0.25, 0.3) is 8.40 Å². The van der Waals surface area contributed by atoms with Crippen molar-refractivity contribution in [3.63, 3.8) is 0 Å². The van der Waals surface area contributed by atoms with E-state index in [-0.39, 0.29) is 0 Å². The second kappa shape index (κ2) is 10.6. The van der Waals surface area contributed by atoms with Gasteiger partial charge in [-0.05, 0) is 72.8 Å². The Morgan fingerprint density at radius 1 is 0.605 bits per heavy atom. The Balaban J connectivity index is 2.13. The van der Waals surface area contributed by atoms with Gasteiger partial charge in [0.2, 0.25) is 0 Å². The minimum absolute atomic E-state index is 0.439. The zero-order valence-corrected chi connectivity index (χ0v) is 26.9. The number of anilines is 2. The molecule has 0 saturated heterocycles. The van der Waals surface area contributed by atoms with E-state index >= 15 is 0 Å². The number of rotatable bonds is 6. The summed E-state index contributed by atoms with van der Waals surface area (Å²) in [5.41, 5.74) is 14.4. The molecule has 0 fully saturated rings. The molecule has 2 aromatic carbocycles. The van der Waals surface area contributed by atoms with E-state index in [9.17, 15) is 0 Å². The first kappa shape index (κ1) is 28.5. The van der Waals surface area contributed by atoms with E-state index in [4.69, 9.17) is 6.58 Å². The molecule has 2 aromatic rings. The molecule has 204 valence electrons. The van der Waals surface area contributed by atoms with Crippen molar-refractivity contribution < 1.29 is 0 Å². The highest BCUT2D eigenvalue weighted by molar-refractivity contribution is 6.90. The Labute approximate surface area is 234 Å². The predicted molar refractivity (Wildman–Crippen MR) is 171 cm³/mol. The summed E-state index contributed by atoms with van der Waals surface area (Å²) in [5, 5.41) is 0. The third-order valence-corrected chi connectivity index (χ3v) is 13.8. The number of hydrogen-bond donors (Lipinski definition) is 0. The summed E-state index contributed by atoms with van der Waals surface area (Å²) in [7, 11) is -2.40. The largest absolute Gasteiger partial charge is 0.353 e. The standard InChI is InChI=1S/C35H50N2Si/c1-22(2)30-15-13-16-31(23(3)4)34(30)36-28(11)19-29(12)37(38(36)20-26(9)27(10)21-38)35-32(24(5)6)17-14-18-33(35)25(7)8/h13-19,22-25H,11,20-21H2,1-10,12H3. The number of para-hydroxylation sites is 2. The lowest BCUT2D eigenvalue weighted by Gasteiger charge is -2.55. The highest BCUT2D eigenvalue weighted by Gasteiger charge is 2.55. The summed E-state index contributed by atoms with van der Waals surface area (Å²) in [6.45, 7) is 30.6. The molecule has 0 unspecified atom stereocenters. The van der Waals surface area contributed by atoms with E-state index in [1.807, 2.05) is 0 Å². The molecule has 0 N–H and O–H groups in total. The highest BCUT2D eigenvalue weighted by atomic mass is 28.3. The molecule has 0 bridgehead atoms. The summed E-state index contributed by atoms with van der Waals surface area (Å²) in [4.78, 5) is 0. The molecule has 0 amide bonds. The molecule has 2 heterocycles. The highest BCUT2D eigenvalue weighted by Crippen LogP contribution is 2.53. The van der Waals surface area contributed by atoms with E-state index in [2.05, 4.69) is 128 Å². The number of benzene rings is 2. The smallest absolute Gasteiger partial charge is 0.281 e. The molecule has 2 nitrogen and oxygen atoms in total. The van der Waals surface area contributed by atoms with Gasteiger partial charge in [0.05, 0.1) is 0 Å². The van der Waals surface area contributed by atoms with Gasteiger partial charge in [0.1, 0.15) is 0 Å². The first-order chi connectivity index (χ1) is 17.8. The second-order valence-electron chi connectivity index (χ2n) is 13.0. The molecule has 0 saturated carbocycles. The van der Waals surface area contributed by atoms with Crippen molar-refractivity contribution in [1.82, 2.24) is 0 Å². The Bertz CT molecular complexity index is 1220. The third kappa shape index (κ3) is 4.61. The van der Waals surface area contributed by atoms with Crippen LogP contribution in [-0.2, 0) is 0 Å². The molecule has 4 rings (SSSR count). The summed E-state index contributed by atoms with van der Waals surface area (Å²) in [6, 6.07) is 16.3. The fourth-order valence-corrected chi connectivity index (χ4v) is 12.8. The molecule has 2 aliphatic rings. The van der Waals surface area contributed by atoms with Crippen molar-refractivity contribution in [3.05, 3.63) is 93.8 Å². The van der Waals surface area contributed by atoms with Crippen LogP contribution in [0.5, 0.6) is 0 Å². The van der Waals surface area contributed by atoms with E-state index < -0.39 is 8.40 Å². The minimum Gasteiger partial charge on any atom is -0.353 e. The second-order valence-corrected chi connectivity index (χ2v) is 16.6. The lowest BCUT2D eigenvalue weighted by Crippen LogP contribution is -2.67. The van der Waals surface area contributed by atoms with Crippen LogP contribution in [0.2, 0.25) is 12.1 Å². The van der Waals surface area contributed by atoms with Gasteiger partial charge in [-0.3, -0.25) is 0 Å². The molecule has 0 aromatic heterocycles. The van der Waals surface area contributed by atoms with Crippen LogP contribution in [0.25, 0.3) is 0 Å². The van der Waals surface area contributed by atoms with Crippen LogP contribution in [-0.4, -0.2) is 8.40 Å². The van der Waals surface area contributed by atoms with Gasteiger partial charge in [-0.2, -0.15) is 0 Å². The Hall–Kier alpha value is -2.52. The van der Waals surface area contributed by atoms with Gasteiger partial charge in [-0.1, -0.05) is 110 Å². The number of nitrogens with zero attached hydrogens (tertiary/aromatic N) is 2. The van der Waals surface area contributed by atoms with Gasteiger partial charge in [0, 0.05) is 34.9 Å². The van der Waals surface area contributed by atoms with Crippen molar-refractivity contribution in [2.24, 2.45) is 0 Å². The molecular weight excluding hydrogens is 476 g/mol. The fourth-order valence-electron chi connectivity index (χ4n) is 6.87. The normalized spacial score (nSPS) is 17.8. The minimum atomic E-state index is -2.40. The van der Waals surface area contributed by atoms with Crippen molar-refractivity contribution in [2.45, 2.75) is 112 Å². The van der Waals surface area contributed by atoms with Gasteiger partial charge >= 0.3 is 0 Å². The van der Waals surface area contributed by atoms with Gasteiger partial charge in [0.15, 0.2) is 0 Å². The fraction of sp³-hybridized carbons (Fsp3) is 0.486. The third-order valence-electron chi connectivity index (χ3n) is 8.81. The summed E-state index contributed by atoms with van der Waals surface area (Å²) < 4.78 is 5.67. The lowest BCUT2D eigenvalue weighted by atomic mass is 9.92. The van der Waals surface area contributed by atoms with E-state index in [1.165, 1.54) is 39.3 Å². The molecule has 3 heteroatoms. The van der Waals surface area contributed by atoms with Crippen LogP contribution in [0.15, 0.2) is 71.6 Å². The molecule has 1 spiro atoms. The van der Waals surface area contributed by atoms with Crippen molar-refractivity contribution >= 4 is 19.8 Å². The van der Waals surface area contributed by atoms with Crippen molar-refractivity contribution in [3.8, 4) is 0 Å². The monoisotopic (exact) mass is 526 g/mol. The maximum absolute atomic E-state index is 4.77. The number of allylic oxidation sites excluding steroid dienone is 4. The molecular formula is C35H50N2Si. The van der Waals surface area contributed by atoms with Crippen molar-refractivity contribution in [1.29, 1.82) is 0 Å². The molecule has 2 aliphatic heterocycles. The Morgan fingerprint density at radius 3 is 1.29 bits per heavy atom. The molecule has 0 radical (unpaired) electrons. The number of hydrogen-bond acceptors (Lipinski definition) is 2. The van der Waals surface area contributed by atoms with Crippen molar-refractivity contribution in [2.75, 3.05) is 9.13 Å². The zero-order chi connectivity index (χ0) is 28.1. The Morgan fingerprint density at radius 2 is 0.947 bits per heavy atom. The first-order valence-corrected chi connectivity index (χ1v) is 17.0. The van der Waals surface area contributed by atoms with Gasteiger partial charge in [-0.15, -0.1) is 0 Å². The predicted octanol–water partition coefficient (Wildman–Crippen LogP) is 10.7. The maximum Gasteiger partial charge on any atom is 0.281 e. The molecule has 38 heavy (non-hydrogen) atoms. The van der Waals surface area contributed by atoms with Gasteiger partial charge in [-0.25, -0.2) is 0 Å². The van der Waals surface area contributed by atoms with E-state index in [1.54, 1.807) is 11.1 Å². The average Bonchev–Trinajstić information content (AvgIpc) is 3.11. The molecule has 0 aliphatic carbocycles. The summed E-state index contributed by atoms with van der Waals surface area (Å²) in [5.74, 6) is 1.78. The Kier molecular flexibility index (Phi) is 7.92. The average molecular weight is 527 g/mol. The SMILES string of the molecule is C=C1C=C(C)N(c2c(C(C)C)cccc2C(C)C)[Si]2(CC(C)=C(C)C2)N1c1c(C(C)C)cccc1C(C)C. The van der Waals surface area contributed by atoms with Crippen LogP contribution in [0.1, 0.15) is 122 Å².